The van der Waals surface area contributed by atoms with Crippen molar-refractivity contribution >= 4 is 31.4 Å². The Labute approximate surface area is 256 Å². The maximum atomic E-state index is 13.7. The van der Waals surface area contributed by atoms with Gasteiger partial charge in [-0.2, -0.15) is 17.9 Å². The van der Waals surface area contributed by atoms with Gasteiger partial charge in [-0.1, -0.05) is 48.5 Å². The number of hydrogen-bond acceptors (Lipinski definition) is 7. The zero-order valence-electron chi connectivity index (χ0n) is 23.3. The minimum Gasteiger partial charge on any atom is -0.490 e. The number of benzene rings is 3. The highest BCUT2D eigenvalue weighted by molar-refractivity contribution is 7.89. The van der Waals surface area contributed by atoms with Crippen molar-refractivity contribution in [2.24, 2.45) is 0 Å². The second-order valence-electron chi connectivity index (χ2n) is 10.5. The van der Waals surface area contributed by atoms with Crippen molar-refractivity contribution in [3.8, 4) is 22.8 Å². The molecule has 0 unspecified atom stereocenters. The molecule has 2 atom stereocenters. The maximum Gasteiger partial charge on any atom is 0.421 e. The molecule has 0 amide bonds. The summed E-state index contributed by atoms with van der Waals surface area (Å²) < 4.78 is 83.1. The van der Waals surface area contributed by atoms with E-state index in [1.807, 2.05) is 42.5 Å². The van der Waals surface area contributed by atoms with Gasteiger partial charge in [0.2, 0.25) is 10.0 Å². The second-order valence-corrected chi connectivity index (χ2v) is 13.3. The van der Waals surface area contributed by atoms with E-state index in [9.17, 15) is 26.7 Å². The Balaban J connectivity index is 1.41. The number of hydrogen-bond donors (Lipinski definition) is 2. The summed E-state index contributed by atoms with van der Waals surface area (Å²) in [6, 6.07) is 22.3. The van der Waals surface area contributed by atoms with Crippen LogP contribution in [-0.4, -0.2) is 37.9 Å². The molecule has 3 aromatic carbocycles. The molecule has 228 valence electrons. The smallest absolute Gasteiger partial charge is 0.421 e. The molecule has 0 bridgehead atoms. The van der Waals surface area contributed by atoms with Crippen LogP contribution in [0.4, 0.5) is 13.2 Å². The van der Waals surface area contributed by atoms with E-state index in [1.165, 1.54) is 35.7 Å². The third kappa shape index (κ3) is 5.77. The van der Waals surface area contributed by atoms with E-state index in [0.29, 0.717) is 58.8 Å². The summed E-state index contributed by atoms with van der Waals surface area (Å²) in [5, 5.41) is 11.0. The molecule has 0 saturated carbocycles. The van der Waals surface area contributed by atoms with Crippen LogP contribution in [-0.2, 0) is 15.6 Å². The number of aromatic nitrogens is 1. The van der Waals surface area contributed by atoms with Crippen molar-refractivity contribution in [3.05, 3.63) is 107 Å². The number of nitrogens with one attached hydrogen (secondary N) is 1. The second kappa shape index (κ2) is 11.5. The zero-order valence-corrected chi connectivity index (χ0v) is 25.0. The van der Waals surface area contributed by atoms with E-state index < -0.39 is 27.8 Å². The number of pyridine rings is 1. The van der Waals surface area contributed by atoms with Crippen LogP contribution in [0.25, 0.3) is 21.3 Å². The van der Waals surface area contributed by atoms with Gasteiger partial charge in [-0.25, -0.2) is 8.42 Å². The van der Waals surface area contributed by atoms with Gasteiger partial charge in [0.15, 0.2) is 17.1 Å². The van der Waals surface area contributed by atoms with Crippen LogP contribution in [0, 0.1) is 0 Å². The molecule has 0 fully saturated rings. The molecule has 1 aliphatic heterocycles. The lowest BCUT2D eigenvalue weighted by Crippen LogP contribution is -2.39. The summed E-state index contributed by atoms with van der Waals surface area (Å²) in [5.74, 6) is 0.833. The first-order valence-corrected chi connectivity index (χ1v) is 16.0. The normalized spacial score (nSPS) is 15.8. The topological polar surface area (TPSA) is 97.8 Å². The Morgan fingerprint density at radius 3 is 2.43 bits per heavy atom. The molecule has 0 aliphatic carbocycles. The largest absolute Gasteiger partial charge is 0.490 e. The Bertz CT molecular complexity index is 1930. The van der Waals surface area contributed by atoms with Crippen LogP contribution in [0.2, 0.25) is 0 Å². The summed E-state index contributed by atoms with van der Waals surface area (Å²) in [4.78, 5) is 4.98. The molecule has 2 N–H and O–H groups in total. The molecule has 5 aromatic rings. The lowest BCUT2D eigenvalue weighted by Gasteiger charge is -2.26. The zero-order chi connectivity index (χ0) is 31.1. The van der Waals surface area contributed by atoms with Gasteiger partial charge in [-0.15, -0.1) is 11.3 Å². The molecular weight excluding hydrogens is 613 g/mol. The highest BCUT2D eigenvalue weighted by Crippen LogP contribution is 2.42. The van der Waals surface area contributed by atoms with Gasteiger partial charge in [-0.3, -0.25) is 4.98 Å². The fourth-order valence-electron chi connectivity index (χ4n) is 4.94. The first-order valence-electron chi connectivity index (χ1n) is 13.7. The van der Waals surface area contributed by atoms with E-state index in [0.717, 1.165) is 11.5 Å². The maximum absolute atomic E-state index is 13.7. The van der Waals surface area contributed by atoms with Crippen LogP contribution in [0.1, 0.15) is 35.4 Å². The van der Waals surface area contributed by atoms with E-state index in [-0.39, 0.29) is 16.2 Å². The lowest BCUT2D eigenvalue weighted by molar-refractivity contribution is -0.258. The highest BCUT2D eigenvalue weighted by Gasteiger charge is 2.51. The fraction of sp³-hybridized carbons (Fsp3) is 0.219. The molecule has 0 spiro atoms. The van der Waals surface area contributed by atoms with Crippen molar-refractivity contribution in [2.45, 2.75) is 36.1 Å². The van der Waals surface area contributed by atoms with Crippen LogP contribution in [0.3, 0.4) is 0 Å². The summed E-state index contributed by atoms with van der Waals surface area (Å²) >= 11 is 1.31. The molecule has 12 heteroatoms. The van der Waals surface area contributed by atoms with Gasteiger partial charge in [0.25, 0.3) is 0 Å². The summed E-state index contributed by atoms with van der Waals surface area (Å²) in [6.45, 7) is 1.59. The number of nitrogens with zero attached hydrogens (tertiary/aromatic N) is 1. The molecule has 0 radical (unpaired) electrons. The van der Waals surface area contributed by atoms with Crippen LogP contribution >= 0.6 is 11.3 Å². The number of halogens is 3. The van der Waals surface area contributed by atoms with Gasteiger partial charge in [0.1, 0.15) is 0 Å². The SMILES string of the molecule is C[C@@](O)(c1ccnc(-c2cccc3cc([C@H](NS(=O)(=O)c4ccc5c(c4)OCCCO5)c4ccccc4)sc23)c1)C(F)(F)F. The van der Waals surface area contributed by atoms with Crippen LogP contribution in [0.5, 0.6) is 11.5 Å². The van der Waals surface area contributed by atoms with Crippen molar-refractivity contribution < 1.29 is 36.2 Å². The Hall–Kier alpha value is -3.97. The lowest BCUT2D eigenvalue weighted by atomic mass is 9.94. The number of fused-ring (bicyclic) bond motifs is 2. The van der Waals surface area contributed by atoms with Crippen molar-refractivity contribution in [3.63, 3.8) is 0 Å². The molecule has 44 heavy (non-hydrogen) atoms. The van der Waals surface area contributed by atoms with E-state index in [4.69, 9.17) is 9.47 Å². The molecular formula is C32H27F3N2O5S2. The van der Waals surface area contributed by atoms with E-state index >= 15 is 0 Å². The van der Waals surface area contributed by atoms with E-state index in [1.54, 1.807) is 18.2 Å². The number of alkyl halides is 3. The number of rotatable bonds is 7. The molecule has 3 heterocycles. The number of aliphatic hydroxyl groups is 1. The van der Waals surface area contributed by atoms with Gasteiger partial charge >= 0.3 is 6.18 Å². The first-order chi connectivity index (χ1) is 20.9. The average Bonchev–Trinajstić information content (AvgIpc) is 3.30. The predicted molar refractivity (Wildman–Crippen MR) is 161 cm³/mol. The van der Waals surface area contributed by atoms with Crippen LogP contribution in [0.15, 0.2) is 96.0 Å². The number of thiophene rings is 1. The number of sulfonamides is 1. The summed E-state index contributed by atoms with van der Waals surface area (Å²) in [6.07, 6.45) is -2.97. The number of ether oxygens (including phenoxy) is 2. The molecule has 7 nitrogen and oxygen atoms in total. The van der Waals surface area contributed by atoms with Crippen molar-refractivity contribution in [1.29, 1.82) is 0 Å². The molecule has 1 aliphatic rings. The third-order valence-corrected chi connectivity index (χ3v) is 10.1. The molecule has 0 saturated heterocycles. The first kappa shape index (κ1) is 30.1. The molecule has 2 aromatic heterocycles. The predicted octanol–water partition coefficient (Wildman–Crippen LogP) is 6.96. The minimum absolute atomic E-state index is 0.0159. The highest BCUT2D eigenvalue weighted by atomic mass is 32.2. The van der Waals surface area contributed by atoms with E-state index in [2.05, 4.69) is 9.71 Å². The molecule has 6 rings (SSSR count). The Morgan fingerprint density at radius 1 is 0.932 bits per heavy atom. The van der Waals surface area contributed by atoms with Crippen molar-refractivity contribution in [2.75, 3.05) is 13.2 Å². The average molecular weight is 641 g/mol. The minimum atomic E-state index is -4.88. The standard InChI is InChI=1S/C32H27F3N2O5S2/c1-31(38,32(33,34)35)22-13-14-36-25(18-22)24-10-5-9-21-17-28(43-30(21)24)29(20-7-3-2-4-8-20)37-44(39,40)23-11-12-26-27(19-23)42-16-6-15-41-26/h2-5,7-14,17-19,29,37-38H,6,15-16H2,1H3/t29-,31-/m1/s1. The van der Waals surface area contributed by atoms with Gasteiger partial charge < -0.3 is 14.6 Å². The third-order valence-electron chi connectivity index (χ3n) is 7.43. The van der Waals surface area contributed by atoms with Gasteiger partial charge in [0, 0.05) is 33.8 Å². The Kier molecular flexibility index (Phi) is 7.87. The summed E-state index contributed by atoms with van der Waals surface area (Å²) in [7, 11) is -4.06. The van der Waals surface area contributed by atoms with Crippen LogP contribution < -0.4 is 14.2 Å². The Morgan fingerprint density at radius 2 is 1.68 bits per heavy atom. The quantitative estimate of drug-likeness (QED) is 0.200. The summed E-state index contributed by atoms with van der Waals surface area (Å²) in [5.41, 5.74) is -1.91. The van der Waals surface area contributed by atoms with Gasteiger partial charge in [0.05, 0.1) is 29.8 Å². The van der Waals surface area contributed by atoms with Gasteiger partial charge in [-0.05, 0) is 53.8 Å². The fourth-order valence-corrected chi connectivity index (χ4v) is 7.50. The van der Waals surface area contributed by atoms with Crippen molar-refractivity contribution in [1.82, 2.24) is 9.71 Å². The monoisotopic (exact) mass is 640 g/mol.